The minimum absolute atomic E-state index is 0.00104. The van der Waals surface area contributed by atoms with Gasteiger partial charge in [0.1, 0.15) is 0 Å². The Bertz CT molecular complexity index is 1460. The molecule has 6 nitrogen and oxygen atoms in total. The molecule has 1 heterocycles. The van der Waals surface area contributed by atoms with Crippen molar-refractivity contribution in [2.24, 2.45) is 0 Å². The highest BCUT2D eigenvalue weighted by Gasteiger charge is 2.17. The van der Waals surface area contributed by atoms with Gasteiger partial charge in [-0.2, -0.15) is 0 Å². The standard InChI is InChI=1S/C33H35N3O3S/c1-23(37)36(21-25-11-15-27(16-12-25)26-7-4-3-5-8-26)30-10-6-9-29(19-30)31-22-40-33(34-31)35(2)20-24-13-17-28(18-14-24)32(38)39/h6,9-19,22,26H,3-5,7-8,20-21H2,1-2H3,(H,38,39). The van der Waals surface area contributed by atoms with E-state index < -0.39 is 5.97 Å². The Balaban J connectivity index is 1.28. The number of carboxylic acid groups (broad SMARTS) is 1. The van der Waals surface area contributed by atoms with Crippen LogP contribution in [0.2, 0.25) is 0 Å². The molecule has 0 aliphatic heterocycles. The van der Waals surface area contributed by atoms with Crippen molar-refractivity contribution >= 4 is 34.0 Å². The zero-order valence-corrected chi connectivity index (χ0v) is 23.9. The molecule has 0 atom stereocenters. The zero-order chi connectivity index (χ0) is 28.1. The maximum atomic E-state index is 12.7. The van der Waals surface area contributed by atoms with Gasteiger partial charge in [0.25, 0.3) is 0 Å². The first-order valence-electron chi connectivity index (χ1n) is 13.8. The quantitative estimate of drug-likeness (QED) is 0.229. The van der Waals surface area contributed by atoms with Crippen LogP contribution >= 0.6 is 11.3 Å². The molecule has 1 N–H and O–H groups in total. The lowest BCUT2D eigenvalue weighted by Gasteiger charge is -2.24. The van der Waals surface area contributed by atoms with Gasteiger partial charge in [0.05, 0.1) is 17.8 Å². The average molecular weight is 554 g/mol. The van der Waals surface area contributed by atoms with Crippen molar-refractivity contribution < 1.29 is 14.7 Å². The second-order valence-corrected chi connectivity index (χ2v) is 11.4. The summed E-state index contributed by atoms with van der Waals surface area (Å²) in [6.45, 7) is 2.75. The van der Waals surface area contributed by atoms with Crippen LogP contribution in [0.5, 0.6) is 0 Å². The third-order valence-electron chi connectivity index (χ3n) is 7.67. The summed E-state index contributed by atoms with van der Waals surface area (Å²) in [6, 6.07) is 23.7. The van der Waals surface area contributed by atoms with Crippen LogP contribution in [0.1, 0.15) is 72.0 Å². The summed E-state index contributed by atoms with van der Waals surface area (Å²) in [5, 5.41) is 12.0. The molecule has 1 aromatic heterocycles. The fourth-order valence-electron chi connectivity index (χ4n) is 5.40. The summed E-state index contributed by atoms with van der Waals surface area (Å²) in [5.41, 5.74) is 6.49. The molecule has 0 unspecified atom stereocenters. The van der Waals surface area contributed by atoms with Crippen molar-refractivity contribution in [2.45, 2.75) is 58.0 Å². The van der Waals surface area contributed by atoms with Crippen LogP contribution in [-0.2, 0) is 17.9 Å². The number of rotatable bonds is 9. The Labute approximate surface area is 239 Å². The van der Waals surface area contributed by atoms with E-state index in [-0.39, 0.29) is 11.5 Å². The Morgan fingerprint density at radius 1 is 0.925 bits per heavy atom. The molecule has 3 aromatic carbocycles. The highest BCUT2D eigenvalue weighted by atomic mass is 32.1. The third kappa shape index (κ3) is 6.59. The number of hydrogen-bond acceptors (Lipinski definition) is 5. The number of carbonyl (C=O) groups is 2. The van der Waals surface area contributed by atoms with Crippen molar-refractivity contribution in [1.82, 2.24) is 4.98 Å². The van der Waals surface area contributed by atoms with Crippen LogP contribution < -0.4 is 9.80 Å². The summed E-state index contributed by atoms with van der Waals surface area (Å²) in [5.74, 6) is -0.258. The lowest BCUT2D eigenvalue weighted by Crippen LogP contribution is -2.27. The number of aromatic nitrogens is 1. The normalized spacial score (nSPS) is 13.7. The Morgan fingerprint density at radius 2 is 1.60 bits per heavy atom. The highest BCUT2D eigenvalue weighted by molar-refractivity contribution is 7.14. The van der Waals surface area contributed by atoms with E-state index in [2.05, 4.69) is 24.3 Å². The molecule has 0 radical (unpaired) electrons. The first-order valence-corrected chi connectivity index (χ1v) is 14.7. The second-order valence-electron chi connectivity index (χ2n) is 10.6. The molecule has 7 heteroatoms. The number of carboxylic acids is 1. The van der Waals surface area contributed by atoms with Crippen molar-refractivity contribution in [3.05, 3.63) is 100 Å². The van der Waals surface area contributed by atoms with Crippen molar-refractivity contribution in [2.75, 3.05) is 16.8 Å². The number of hydrogen-bond donors (Lipinski definition) is 1. The molecule has 0 bridgehead atoms. The van der Waals surface area contributed by atoms with Gasteiger partial charge in [-0.05, 0) is 59.7 Å². The number of nitrogens with zero attached hydrogens (tertiary/aromatic N) is 3. The predicted molar refractivity (Wildman–Crippen MR) is 162 cm³/mol. The lowest BCUT2D eigenvalue weighted by atomic mass is 9.84. The minimum Gasteiger partial charge on any atom is -0.478 e. The first kappa shape index (κ1) is 27.6. The molecule has 1 aliphatic rings. The van der Waals surface area contributed by atoms with Gasteiger partial charge < -0.3 is 14.9 Å². The summed E-state index contributed by atoms with van der Waals surface area (Å²) < 4.78 is 0. The third-order valence-corrected chi connectivity index (χ3v) is 8.62. The van der Waals surface area contributed by atoms with E-state index in [9.17, 15) is 9.59 Å². The van der Waals surface area contributed by atoms with Crippen LogP contribution in [0.3, 0.4) is 0 Å². The van der Waals surface area contributed by atoms with Crippen molar-refractivity contribution in [1.29, 1.82) is 0 Å². The second kappa shape index (κ2) is 12.5. The number of aromatic carboxylic acids is 1. The average Bonchev–Trinajstić information content (AvgIpc) is 3.48. The van der Waals surface area contributed by atoms with Gasteiger partial charge in [-0.1, -0.05) is 67.8 Å². The molecule has 1 fully saturated rings. The highest BCUT2D eigenvalue weighted by Crippen LogP contribution is 2.33. The van der Waals surface area contributed by atoms with E-state index in [0.717, 1.165) is 33.2 Å². The van der Waals surface area contributed by atoms with E-state index in [1.807, 2.05) is 58.6 Å². The number of amides is 1. The SMILES string of the molecule is CC(=O)N(Cc1ccc(C2CCCCC2)cc1)c1cccc(-c2csc(N(C)Cc3ccc(C(=O)O)cc3)n2)c1. The molecule has 1 saturated carbocycles. The van der Waals surface area contributed by atoms with E-state index in [1.54, 1.807) is 30.4 Å². The number of carbonyl (C=O) groups excluding carboxylic acids is 1. The number of thiazole rings is 1. The van der Waals surface area contributed by atoms with Gasteiger partial charge >= 0.3 is 5.97 Å². The summed E-state index contributed by atoms with van der Waals surface area (Å²) in [6.07, 6.45) is 6.55. The van der Waals surface area contributed by atoms with E-state index in [4.69, 9.17) is 10.1 Å². The van der Waals surface area contributed by atoms with Crippen molar-refractivity contribution in [3.8, 4) is 11.3 Å². The van der Waals surface area contributed by atoms with Crippen LogP contribution in [0, 0.1) is 0 Å². The largest absolute Gasteiger partial charge is 0.478 e. The maximum absolute atomic E-state index is 12.7. The van der Waals surface area contributed by atoms with Gasteiger partial charge in [0.15, 0.2) is 5.13 Å². The van der Waals surface area contributed by atoms with Gasteiger partial charge in [-0.15, -0.1) is 11.3 Å². The summed E-state index contributed by atoms with van der Waals surface area (Å²) in [7, 11) is 1.97. The summed E-state index contributed by atoms with van der Waals surface area (Å²) >= 11 is 1.56. The predicted octanol–water partition coefficient (Wildman–Crippen LogP) is 7.75. The van der Waals surface area contributed by atoms with Crippen LogP contribution in [0.4, 0.5) is 10.8 Å². The van der Waals surface area contributed by atoms with Gasteiger partial charge in [0.2, 0.25) is 5.91 Å². The van der Waals surface area contributed by atoms with Gasteiger partial charge in [-0.3, -0.25) is 4.79 Å². The zero-order valence-electron chi connectivity index (χ0n) is 23.0. The Morgan fingerprint density at radius 3 is 2.27 bits per heavy atom. The first-order chi connectivity index (χ1) is 19.4. The van der Waals surface area contributed by atoms with Crippen LogP contribution in [0.25, 0.3) is 11.3 Å². The molecule has 5 rings (SSSR count). The van der Waals surface area contributed by atoms with E-state index in [1.165, 1.54) is 37.7 Å². The van der Waals surface area contributed by atoms with E-state index in [0.29, 0.717) is 19.0 Å². The Hall–Kier alpha value is -3.97. The van der Waals surface area contributed by atoms with E-state index >= 15 is 0 Å². The minimum atomic E-state index is -0.928. The van der Waals surface area contributed by atoms with Crippen molar-refractivity contribution in [3.63, 3.8) is 0 Å². The fraction of sp³-hybridized carbons (Fsp3) is 0.303. The van der Waals surface area contributed by atoms with Crippen LogP contribution in [-0.4, -0.2) is 29.0 Å². The number of anilines is 2. The monoisotopic (exact) mass is 553 g/mol. The maximum Gasteiger partial charge on any atom is 0.335 e. The molecule has 40 heavy (non-hydrogen) atoms. The molecular formula is C33H35N3O3S. The molecule has 4 aromatic rings. The molecule has 0 saturated heterocycles. The fourth-order valence-corrected chi connectivity index (χ4v) is 6.20. The lowest BCUT2D eigenvalue weighted by molar-refractivity contribution is -0.116. The van der Waals surface area contributed by atoms with Gasteiger partial charge in [0, 0.05) is 37.1 Å². The number of benzene rings is 3. The molecular weight excluding hydrogens is 518 g/mol. The summed E-state index contributed by atoms with van der Waals surface area (Å²) in [4.78, 5) is 32.5. The van der Waals surface area contributed by atoms with Crippen LogP contribution in [0.15, 0.2) is 78.2 Å². The smallest absolute Gasteiger partial charge is 0.335 e. The molecule has 0 spiro atoms. The topological polar surface area (TPSA) is 73.7 Å². The Kier molecular flexibility index (Phi) is 8.60. The molecule has 1 amide bonds. The molecule has 206 valence electrons. The molecule has 1 aliphatic carbocycles. The van der Waals surface area contributed by atoms with Gasteiger partial charge in [-0.25, -0.2) is 9.78 Å².